The Balaban J connectivity index is 1.99. The number of nitrogens with zero attached hydrogens (tertiary/aromatic N) is 2. The van der Waals surface area contributed by atoms with E-state index in [1.54, 1.807) is 0 Å². The molecule has 1 aliphatic heterocycles. The van der Waals surface area contributed by atoms with Gasteiger partial charge >= 0.3 is 6.09 Å². The highest BCUT2D eigenvalue weighted by molar-refractivity contribution is 5.93. The van der Waals surface area contributed by atoms with Crippen LogP contribution < -0.4 is 0 Å². The van der Waals surface area contributed by atoms with E-state index in [1.807, 2.05) is 30.3 Å². The van der Waals surface area contributed by atoms with Crippen molar-refractivity contribution >= 4 is 18.7 Å². The van der Waals surface area contributed by atoms with E-state index in [2.05, 4.69) is 11.7 Å². The van der Waals surface area contributed by atoms with Gasteiger partial charge in [0, 0.05) is 13.0 Å². The zero-order valence-electron chi connectivity index (χ0n) is 11.3. The summed E-state index contributed by atoms with van der Waals surface area (Å²) in [5, 5.41) is 0. The molecule has 0 N–H and O–H groups in total. The van der Waals surface area contributed by atoms with Crippen LogP contribution in [0.5, 0.6) is 0 Å². The maximum atomic E-state index is 12.1. The zero-order valence-corrected chi connectivity index (χ0v) is 11.3. The topological polar surface area (TPSA) is 59.0 Å². The molecule has 0 aromatic heterocycles. The van der Waals surface area contributed by atoms with E-state index in [0.717, 1.165) is 5.56 Å². The van der Waals surface area contributed by atoms with Gasteiger partial charge in [-0.05, 0) is 25.1 Å². The Labute approximate surface area is 118 Å². The molecule has 1 heterocycles. The molecule has 0 radical (unpaired) electrons. The zero-order chi connectivity index (χ0) is 14.4. The predicted molar refractivity (Wildman–Crippen MR) is 75.8 cm³/mol. The number of carbonyl (C=O) groups excluding carboxylic acids is 2. The Hall–Kier alpha value is -2.17. The highest BCUT2D eigenvalue weighted by atomic mass is 16.6. The van der Waals surface area contributed by atoms with Crippen molar-refractivity contribution in [1.29, 1.82) is 0 Å². The Bertz CT molecular complexity index is 487. The number of carbonyl (C=O) groups is 2. The van der Waals surface area contributed by atoms with Crippen molar-refractivity contribution in [2.45, 2.75) is 25.3 Å². The summed E-state index contributed by atoms with van der Waals surface area (Å²) in [4.78, 5) is 28.7. The number of hydrogen-bond acceptors (Lipinski definition) is 4. The van der Waals surface area contributed by atoms with Crippen LogP contribution in [0.3, 0.4) is 0 Å². The SMILES string of the molecule is C=NCCCC(=O)N1C(=O)OC[C@H]1Cc1ccccc1. The molecule has 0 unspecified atom stereocenters. The molecular weight excluding hydrogens is 256 g/mol. The number of hydrogen-bond donors (Lipinski definition) is 0. The molecule has 5 nitrogen and oxygen atoms in total. The molecule has 2 rings (SSSR count). The molecule has 1 atom stereocenters. The van der Waals surface area contributed by atoms with Crippen LogP contribution in [0.4, 0.5) is 4.79 Å². The molecular formula is C15H18N2O3. The first-order chi connectivity index (χ1) is 9.72. The van der Waals surface area contributed by atoms with Crippen LogP contribution in [0.2, 0.25) is 0 Å². The fourth-order valence-electron chi connectivity index (χ4n) is 2.27. The van der Waals surface area contributed by atoms with Crippen molar-refractivity contribution in [1.82, 2.24) is 4.90 Å². The Morgan fingerprint density at radius 1 is 1.40 bits per heavy atom. The van der Waals surface area contributed by atoms with Crippen LogP contribution in [0.1, 0.15) is 18.4 Å². The maximum Gasteiger partial charge on any atom is 0.416 e. The van der Waals surface area contributed by atoms with Crippen LogP contribution in [0.25, 0.3) is 0 Å². The minimum absolute atomic E-state index is 0.197. The molecule has 2 amide bonds. The van der Waals surface area contributed by atoms with Crippen molar-refractivity contribution in [3.8, 4) is 0 Å². The molecule has 1 fully saturated rings. The summed E-state index contributed by atoms with van der Waals surface area (Å²) in [6.07, 6.45) is 0.976. The highest BCUT2D eigenvalue weighted by Crippen LogP contribution is 2.18. The van der Waals surface area contributed by atoms with Gasteiger partial charge in [0.15, 0.2) is 0 Å². The molecule has 0 aliphatic carbocycles. The maximum absolute atomic E-state index is 12.1. The van der Waals surface area contributed by atoms with E-state index in [9.17, 15) is 9.59 Å². The van der Waals surface area contributed by atoms with Gasteiger partial charge in [-0.2, -0.15) is 0 Å². The van der Waals surface area contributed by atoms with E-state index in [4.69, 9.17) is 4.74 Å². The fraction of sp³-hybridized carbons (Fsp3) is 0.400. The summed E-state index contributed by atoms with van der Waals surface area (Å²) in [6.45, 7) is 4.16. The standard InChI is InChI=1S/C15H18N2O3/c1-16-9-5-8-14(18)17-13(11-20-15(17)19)10-12-6-3-2-4-7-12/h2-4,6-7,13H,1,5,8-11H2/t13-/m1/s1. The normalized spacial score (nSPS) is 17.9. The van der Waals surface area contributed by atoms with Crippen LogP contribution in [-0.4, -0.2) is 42.8 Å². The van der Waals surface area contributed by atoms with Gasteiger partial charge in [0.1, 0.15) is 6.61 Å². The third-order valence-corrected chi connectivity index (χ3v) is 3.25. The molecule has 1 saturated heterocycles. The fourth-order valence-corrected chi connectivity index (χ4v) is 2.27. The van der Waals surface area contributed by atoms with Gasteiger partial charge in [-0.25, -0.2) is 9.69 Å². The number of ether oxygens (including phenoxy) is 1. The van der Waals surface area contributed by atoms with E-state index in [0.29, 0.717) is 25.8 Å². The van der Waals surface area contributed by atoms with E-state index < -0.39 is 6.09 Å². The van der Waals surface area contributed by atoms with Crippen molar-refractivity contribution in [3.63, 3.8) is 0 Å². The molecule has 0 saturated carbocycles. The lowest BCUT2D eigenvalue weighted by Gasteiger charge is -2.19. The molecule has 0 spiro atoms. The van der Waals surface area contributed by atoms with Crippen LogP contribution in [-0.2, 0) is 16.0 Å². The Kier molecular flexibility index (Phi) is 4.87. The van der Waals surface area contributed by atoms with Crippen LogP contribution in [0, 0.1) is 0 Å². The van der Waals surface area contributed by atoms with Gasteiger partial charge in [-0.15, -0.1) is 0 Å². The van der Waals surface area contributed by atoms with E-state index in [1.165, 1.54) is 4.90 Å². The highest BCUT2D eigenvalue weighted by Gasteiger charge is 2.37. The summed E-state index contributed by atoms with van der Waals surface area (Å²) in [5.74, 6) is -0.197. The van der Waals surface area contributed by atoms with Gasteiger partial charge < -0.3 is 9.73 Å². The van der Waals surface area contributed by atoms with Crippen LogP contribution >= 0.6 is 0 Å². The smallest absolute Gasteiger partial charge is 0.416 e. The lowest BCUT2D eigenvalue weighted by atomic mass is 10.1. The van der Waals surface area contributed by atoms with Gasteiger partial charge in [-0.3, -0.25) is 4.79 Å². The van der Waals surface area contributed by atoms with Gasteiger partial charge in [0.05, 0.1) is 6.04 Å². The number of cyclic esters (lactones) is 1. The summed E-state index contributed by atoms with van der Waals surface area (Å²) in [7, 11) is 0. The quantitative estimate of drug-likeness (QED) is 0.589. The van der Waals surface area contributed by atoms with Crippen LogP contribution in [0.15, 0.2) is 35.3 Å². The van der Waals surface area contributed by atoms with Crippen molar-refractivity contribution in [3.05, 3.63) is 35.9 Å². The van der Waals surface area contributed by atoms with Crippen molar-refractivity contribution in [2.24, 2.45) is 4.99 Å². The second kappa shape index (κ2) is 6.84. The number of imide groups is 1. The minimum Gasteiger partial charge on any atom is -0.447 e. The number of rotatable bonds is 6. The molecule has 1 aromatic carbocycles. The number of aliphatic imine (C=N–C) groups is 1. The summed E-state index contributed by atoms with van der Waals surface area (Å²) < 4.78 is 5.01. The molecule has 1 aromatic rings. The Morgan fingerprint density at radius 2 is 2.15 bits per heavy atom. The van der Waals surface area contributed by atoms with E-state index in [-0.39, 0.29) is 18.6 Å². The minimum atomic E-state index is -0.539. The first-order valence-corrected chi connectivity index (χ1v) is 6.67. The lowest BCUT2D eigenvalue weighted by molar-refractivity contribution is -0.129. The predicted octanol–water partition coefficient (Wildman–Crippen LogP) is 2.06. The van der Waals surface area contributed by atoms with Gasteiger partial charge in [0.2, 0.25) is 5.91 Å². The number of benzene rings is 1. The largest absolute Gasteiger partial charge is 0.447 e. The van der Waals surface area contributed by atoms with Crippen molar-refractivity contribution in [2.75, 3.05) is 13.2 Å². The summed E-state index contributed by atoms with van der Waals surface area (Å²) in [5.41, 5.74) is 1.08. The monoisotopic (exact) mass is 274 g/mol. The van der Waals surface area contributed by atoms with Gasteiger partial charge in [0.25, 0.3) is 0 Å². The lowest BCUT2D eigenvalue weighted by Crippen LogP contribution is -2.40. The first-order valence-electron chi connectivity index (χ1n) is 6.67. The molecule has 1 aliphatic rings. The number of amides is 2. The third kappa shape index (κ3) is 3.44. The average molecular weight is 274 g/mol. The molecule has 20 heavy (non-hydrogen) atoms. The second-order valence-corrected chi connectivity index (χ2v) is 4.73. The Morgan fingerprint density at radius 3 is 2.85 bits per heavy atom. The summed E-state index contributed by atoms with van der Waals surface area (Å²) in [6, 6.07) is 9.56. The first kappa shape index (κ1) is 14.2. The van der Waals surface area contributed by atoms with Gasteiger partial charge in [-0.1, -0.05) is 30.3 Å². The molecule has 106 valence electrons. The molecule has 0 bridgehead atoms. The summed E-state index contributed by atoms with van der Waals surface area (Å²) >= 11 is 0. The molecule has 5 heteroatoms. The third-order valence-electron chi connectivity index (χ3n) is 3.25. The average Bonchev–Trinajstić information content (AvgIpc) is 2.81. The second-order valence-electron chi connectivity index (χ2n) is 4.73. The van der Waals surface area contributed by atoms with Crippen molar-refractivity contribution < 1.29 is 14.3 Å². The van der Waals surface area contributed by atoms with E-state index >= 15 is 0 Å².